The highest BCUT2D eigenvalue weighted by Gasteiger charge is 2.34. The Balaban J connectivity index is 1.98. The number of rotatable bonds is 3. The monoisotopic (exact) mass is 339 g/mol. The van der Waals surface area contributed by atoms with Crippen LogP contribution in [-0.2, 0) is 4.79 Å². The fourth-order valence-electron chi connectivity index (χ4n) is 3.18. The topological polar surface area (TPSA) is 62.7 Å². The summed E-state index contributed by atoms with van der Waals surface area (Å²) in [6.45, 7) is 3.01. The van der Waals surface area contributed by atoms with Crippen molar-refractivity contribution in [2.45, 2.75) is 13.0 Å². The molecular weight excluding hydrogens is 318 g/mol. The Labute approximate surface area is 147 Å². The maximum absolute atomic E-state index is 13.0. The van der Waals surface area contributed by atoms with Crippen molar-refractivity contribution < 1.29 is 14.3 Å². The van der Waals surface area contributed by atoms with Crippen LogP contribution >= 0.6 is 0 Å². The lowest BCUT2D eigenvalue weighted by Gasteiger charge is -2.41. The molecule has 1 saturated heterocycles. The zero-order chi connectivity index (χ0) is 17.8. The number of hydrogen-bond donors (Lipinski definition) is 0. The molecule has 1 aromatic heterocycles. The summed E-state index contributed by atoms with van der Waals surface area (Å²) in [5, 5.41) is 0. The summed E-state index contributed by atoms with van der Waals surface area (Å²) in [4.78, 5) is 32.4. The number of nitrogens with zero attached hydrogens (tertiary/aromatic N) is 3. The van der Waals surface area contributed by atoms with Gasteiger partial charge in [-0.3, -0.25) is 14.6 Å². The Hall–Kier alpha value is -2.89. The Morgan fingerprint density at radius 1 is 1.12 bits per heavy atom. The first-order valence-corrected chi connectivity index (χ1v) is 8.21. The van der Waals surface area contributed by atoms with Crippen LogP contribution in [0, 0.1) is 0 Å². The zero-order valence-corrected chi connectivity index (χ0v) is 14.4. The van der Waals surface area contributed by atoms with E-state index in [9.17, 15) is 9.59 Å². The molecule has 1 aliphatic rings. The smallest absolute Gasteiger partial charge is 0.254 e. The van der Waals surface area contributed by atoms with Crippen LogP contribution in [-0.4, -0.2) is 53.3 Å². The molecule has 6 nitrogen and oxygen atoms in total. The van der Waals surface area contributed by atoms with Crippen LogP contribution in [0.25, 0.3) is 0 Å². The standard InChI is InChI=1S/C19H21N3O3/c1-14(23)21-11-12-22(19(24)15-7-9-20-10-8-15)17(13-21)16-5-3-4-6-18(16)25-2/h3-10,17H,11-13H2,1-2H3/t17-/m1/s1. The Morgan fingerprint density at radius 3 is 2.52 bits per heavy atom. The van der Waals surface area contributed by atoms with Crippen molar-refractivity contribution in [3.05, 3.63) is 59.9 Å². The van der Waals surface area contributed by atoms with E-state index in [0.29, 0.717) is 30.9 Å². The number of hydrogen-bond acceptors (Lipinski definition) is 4. The number of pyridine rings is 1. The quantitative estimate of drug-likeness (QED) is 0.859. The Kier molecular flexibility index (Phi) is 4.97. The molecule has 130 valence electrons. The first-order chi connectivity index (χ1) is 12.1. The molecule has 0 saturated carbocycles. The molecular formula is C19H21N3O3. The highest BCUT2D eigenvalue weighted by molar-refractivity contribution is 5.94. The van der Waals surface area contributed by atoms with Crippen LogP contribution in [0.15, 0.2) is 48.8 Å². The molecule has 0 bridgehead atoms. The van der Waals surface area contributed by atoms with Crippen molar-refractivity contribution in [1.29, 1.82) is 0 Å². The molecule has 0 radical (unpaired) electrons. The van der Waals surface area contributed by atoms with Crippen LogP contribution in [0.5, 0.6) is 5.75 Å². The van der Waals surface area contributed by atoms with Gasteiger partial charge in [-0.15, -0.1) is 0 Å². The number of aromatic nitrogens is 1. The maximum Gasteiger partial charge on any atom is 0.254 e. The summed E-state index contributed by atoms with van der Waals surface area (Å²) < 4.78 is 5.48. The molecule has 1 aliphatic heterocycles. The van der Waals surface area contributed by atoms with Crippen LogP contribution in [0.1, 0.15) is 28.9 Å². The SMILES string of the molecule is COc1ccccc1[C@H]1CN(C(C)=O)CCN1C(=O)c1ccncc1. The second kappa shape index (κ2) is 7.34. The van der Waals surface area contributed by atoms with Crippen LogP contribution < -0.4 is 4.74 Å². The molecule has 2 amide bonds. The number of para-hydroxylation sites is 1. The van der Waals surface area contributed by atoms with Gasteiger partial charge in [0.1, 0.15) is 5.75 Å². The van der Waals surface area contributed by atoms with Crippen LogP contribution in [0.3, 0.4) is 0 Å². The van der Waals surface area contributed by atoms with Crippen LogP contribution in [0.4, 0.5) is 0 Å². The van der Waals surface area contributed by atoms with E-state index < -0.39 is 0 Å². The molecule has 25 heavy (non-hydrogen) atoms. The van der Waals surface area contributed by atoms with Gasteiger partial charge in [-0.05, 0) is 18.2 Å². The molecule has 1 aromatic carbocycles. The van der Waals surface area contributed by atoms with Gasteiger partial charge >= 0.3 is 0 Å². The van der Waals surface area contributed by atoms with Gasteiger partial charge in [-0.1, -0.05) is 18.2 Å². The molecule has 6 heteroatoms. The van der Waals surface area contributed by atoms with Crippen LogP contribution in [0.2, 0.25) is 0 Å². The van der Waals surface area contributed by atoms with Gasteiger partial charge in [-0.25, -0.2) is 0 Å². The second-order valence-corrected chi connectivity index (χ2v) is 5.96. The number of benzene rings is 1. The van der Waals surface area contributed by atoms with Crippen molar-refractivity contribution in [2.75, 3.05) is 26.7 Å². The molecule has 0 spiro atoms. The number of carbonyl (C=O) groups is 2. The maximum atomic E-state index is 13.0. The number of carbonyl (C=O) groups excluding carboxylic acids is 2. The Bertz CT molecular complexity index is 764. The lowest BCUT2D eigenvalue weighted by Crippen LogP contribution is -2.52. The van der Waals surface area contributed by atoms with Gasteiger partial charge in [0.2, 0.25) is 5.91 Å². The van der Waals surface area contributed by atoms with Gasteiger partial charge in [0, 0.05) is 50.1 Å². The summed E-state index contributed by atoms with van der Waals surface area (Å²) in [7, 11) is 1.61. The highest BCUT2D eigenvalue weighted by atomic mass is 16.5. The van der Waals surface area contributed by atoms with E-state index >= 15 is 0 Å². The van der Waals surface area contributed by atoms with Crippen molar-refractivity contribution >= 4 is 11.8 Å². The minimum atomic E-state index is -0.255. The van der Waals surface area contributed by atoms with Crippen molar-refractivity contribution in [2.24, 2.45) is 0 Å². The first kappa shape index (κ1) is 17.0. The number of amides is 2. The lowest BCUT2D eigenvalue weighted by atomic mass is 10.00. The van der Waals surface area contributed by atoms with Gasteiger partial charge in [0.15, 0.2) is 0 Å². The first-order valence-electron chi connectivity index (χ1n) is 8.21. The van der Waals surface area contributed by atoms with E-state index in [4.69, 9.17) is 4.74 Å². The lowest BCUT2D eigenvalue weighted by molar-refractivity contribution is -0.131. The van der Waals surface area contributed by atoms with Gasteiger partial charge in [-0.2, -0.15) is 0 Å². The fourth-order valence-corrected chi connectivity index (χ4v) is 3.18. The summed E-state index contributed by atoms with van der Waals surface area (Å²) in [6, 6.07) is 10.8. The fraction of sp³-hybridized carbons (Fsp3) is 0.316. The minimum Gasteiger partial charge on any atom is -0.496 e. The zero-order valence-electron chi connectivity index (χ0n) is 14.4. The normalized spacial score (nSPS) is 17.3. The highest BCUT2D eigenvalue weighted by Crippen LogP contribution is 2.33. The molecule has 2 aromatic rings. The molecule has 3 rings (SSSR count). The van der Waals surface area contributed by atoms with Gasteiger partial charge in [0.05, 0.1) is 13.2 Å². The van der Waals surface area contributed by atoms with Gasteiger partial charge < -0.3 is 14.5 Å². The predicted molar refractivity (Wildman–Crippen MR) is 93.3 cm³/mol. The molecule has 1 atom stereocenters. The van der Waals surface area contributed by atoms with E-state index in [0.717, 1.165) is 5.56 Å². The van der Waals surface area contributed by atoms with Crippen molar-refractivity contribution in [3.63, 3.8) is 0 Å². The third-order valence-corrected chi connectivity index (χ3v) is 4.51. The molecule has 2 heterocycles. The minimum absolute atomic E-state index is 0.0101. The second-order valence-electron chi connectivity index (χ2n) is 5.96. The van der Waals surface area contributed by atoms with E-state index in [1.54, 1.807) is 43.5 Å². The summed E-state index contributed by atoms with van der Waals surface area (Å²) in [6.07, 6.45) is 3.22. The van der Waals surface area contributed by atoms with E-state index in [2.05, 4.69) is 4.98 Å². The average Bonchev–Trinajstić information content (AvgIpc) is 2.67. The van der Waals surface area contributed by atoms with Crippen molar-refractivity contribution in [3.8, 4) is 5.75 Å². The van der Waals surface area contributed by atoms with Gasteiger partial charge in [0.25, 0.3) is 5.91 Å². The molecule has 0 N–H and O–H groups in total. The number of methoxy groups -OCH3 is 1. The van der Waals surface area contributed by atoms with E-state index in [1.165, 1.54) is 0 Å². The summed E-state index contributed by atoms with van der Waals surface area (Å²) in [5.41, 5.74) is 1.49. The summed E-state index contributed by atoms with van der Waals surface area (Å²) in [5.74, 6) is 0.655. The molecule has 0 unspecified atom stereocenters. The van der Waals surface area contributed by atoms with E-state index in [-0.39, 0.29) is 17.9 Å². The molecule has 0 aliphatic carbocycles. The van der Waals surface area contributed by atoms with E-state index in [1.807, 2.05) is 29.2 Å². The number of ether oxygens (including phenoxy) is 1. The van der Waals surface area contributed by atoms with Crippen molar-refractivity contribution in [1.82, 2.24) is 14.8 Å². The predicted octanol–water partition coefficient (Wildman–Crippen LogP) is 2.14. The Morgan fingerprint density at radius 2 is 1.84 bits per heavy atom. The molecule has 1 fully saturated rings. The third kappa shape index (κ3) is 3.47. The third-order valence-electron chi connectivity index (χ3n) is 4.51. The largest absolute Gasteiger partial charge is 0.496 e. The number of piperazine rings is 1. The summed E-state index contributed by atoms with van der Waals surface area (Å²) >= 11 is 0. The average molecular weight is 339 g/mol.